The van der Waals surface area contributed by atoms with E-state index >= 15 is 0 Å². The maximum atomic E-state index is 11.9. The van der Waals surface area contributed by atoms with Crippen molar-refractivity contribution in [3.8, 4) is 0 Å². The van der Waals surface area contributed by atoms with Crippen LogP contribution in [-0.2, 0) is 16.1 Å². The molecule has 0 unspecified atom stereocenters. The molecule has 1 aliphatic rings. The molecule has 20 heavy (non-hydrogen) atoms. The van der Waals surface area contributed by atoms with Crippen molar-refractivity contribution in [2.75, 3.05) is 13.1 Å². The first-order chi connectivity index (χ1) is 9.66. The topological polar surface area (TPSA) is 49.4 Å². The molecule has 1 saturated heterocycles. The van der Waals surface area contributed by atoms with E-state index in [2.05, 4.69) is 5.32 Å². The lowest BCUT2D eigenvalue weighted by atomic mass is 10.1. The van der Waals surface area contributed by atoms with Crippen molar-refractivity contribution in [2.45, 2.75) is 39.2 Å². The second-order valence-electron chi connectivity index (χ2n) is 5.33. The highest BCUT2D eigenvalue weighted by molar-refractivity contribution is 5.84. The summed E-state index contributed by atoms with van der Waals surface area (Å²) in [6.45, 7) is 3.44. The number of aryl methyl sites for hydroxylation is 1. The highest BCUT2D eigenvalue weighted by Gasteiger charge is 2.18. The summed E-state index contributed by atoms with van der Waals surface area (Å²) in [7, 11) is 0. The summed E-state index contributed by atoms with van der Waals surface area (Å²) in [4.78, 5) is 25.5. The molecular weight excluding hydrogens is 252 g/mol. The molecular formula is C16H22N2O2. The van der Waals surface area contributed by atoms with Crippen LogP contribution in [0.3, 0.4) is 0 Å². The third-order valence-electron chi connectivity index (χ3n) is 3.74. The summed E-state index contributed by atoms with van der Waals surface area (Å²) < 4.78 is 0. The molecule has 0 spiro atoms. The maximum Gasteiger partial charge on any atom is 0.239 e. The van der Waals surface area contributed by atoms with Crippen LogP contribution in [0.1, 0.15) is 36.8 Å². The predicted molar refractivity (Wildman–Crippen MR) is 78.1 cm³/mol. The van der Waals surface area contributed by atoms with Crippen LogP contribution in [0.5, 0.6) is 0 Å². The summed E-state index contributed by atoms with van der Waals surface area (Å²) in [5.74, 6) is 0.0250. The Hall–Kier alpha value is -1.84. The van der Waals surface area contributed by atoms with Gasteiger partial charge in [0.2, 0.25) is 11.8 Å². The Bertz CT molecular complexity index is 485. The molecule has 0 saturated carbocycles. The molecule has 2 rings (SSSR count). The zero-order valence-electron chi connectivity index (χ0n) is 12.0. The SMILES string of the molecule is Cc1ccccc1CNC(=O)CN1CCCCCC1=O. The van der Waals surface area contributed by atoms with Gasteiger partial charge in [-0.15, -0.1) is 0 Å². The summed E-state index contributed by atoms with van der Waals surface area (Å²) in [6, 6.07) is 7.98. The molecule has 108 valence electrons. The molecule has 1 N–H and O–H groups in total. The van der Waals surface area contributed by atoms with Crippen LogP contribution >= 0.6 is 0 Å². The van der Waals surface area contributed by atoms with Gasteiger partial charge in [0.25, 0.3) is 0 Å². The highest BCUT2D eigenvalue weighted by atomic mass is 16.2. The predicted octanol–water partition coefficient (Wildman–Crippen LogP) is 2.01. The Morgan fingerprint density at radius 2 is 2.05 bits per heavy atom. The normalized spacial score (nSPS) is 15.8. The Kier molecular flexibility index (Phi) is 5.16. The van der Waals surface area contributed by atoms with Gasteiger partial charge in [0.05, 0.1) is 6.54 Å². The smallest absolute Gasteiger partial charge is 0.239 e. The Balaban J connectivity index is 1.83. The van der Waals surface area contributed by atoms with E-state index in [4.69, 9.17) is 0 Å². The monoisotopic (exact) mass is 274 g/mol. The van der Waals surface area contributed by atoms with Gasteiger partial charge >= 0.3 is 0 Å². The first kappa shape index (κ1) is 14.6. The molecule has 1 heterocycles. The third kappa shape index (κ3) is 4.08. The molecule has 0 aromatic heterocycles. The van der Waals surface area contributed by atoms with Crippen LogP contribution < -0.4 is 5.32 Å². The minimum Gasteiger partial charge on any atom is -0.350 e. The number of rotatable bonds is 4. The van der Waals surface area contributed by atoms with E-state index in [-0.39, 0.29) is 18.4 Å². The molecule has 0 bridgehead atoms. The highest BCUT2D eigenvalue weighted by Crippen LogP contribution is 2.11. The number of nitrogens with zero attached hydrogens (tertiary/aromatic N) is 1. The van der Waals surface area contributed by atoms with E-state index < -0.39 is 0 Å². The maximum absolute atomic E-state index is 11.9. The Morgan fingerprint density at radius 3 is 2.85 bits per heavy atom. The average Bonchev–Trinajstić information content (AvgIpc) is 2.63. The zero-order valence-corrected chi connectivity index (χ0v) is 12.0. The number of carbonyl (C=O) groups is 2. The number of hydrogen-bond acceptors (Lipinski definition) is 2. The number of amides is 2. The molecule has 4 nitrogen and oxygen atoms in total. The van der Waals surface area contributed by atoms with Gasteiger partial charge in [-0.3, -0.25) is 9.59 Å². The van der Waals surface area contributed by atoms with Crippen molar-refractivity contribution in [3.63, 3.8) is 0 Å². The first-order valence-electron chi connectivity index (χ1n) is 7.26. The van der Waals surface area contributed by atoms with E-state index in [0.717, 1.165) is 24.8 Å². The molecule has 0 atom stereocenters. The summed E-state index contributed by atoms with van der Waals surface area (Å²) in [6.07, 6.45) is 3.59. The number of carbonyl (C=O) groups excluding carboxylic acids is 2. The van der Waals surface area contributed by atoms with Crippen LogP contribution in [-0.4, -0.2) is 29.8 Å². The molecule has 0 radical (unpaired) electrons. The van der Waals surface area contributed by atoms with Gasteiger partial charge in [0.15, 0.2) is 0 Å². The fraction of sp³-hybridized carbons (Fsp3) is 0.500. The minimum atomic E-state index is -0.0801. The average molecular weight is 274 g/mol. The van der Waals surface area contributed by atoms with Gasteiger partial charge in [0, 0.05) is 19.5 Å². The van der Waals surface area contributed by atoms with Gasteiger partial charge in [-0.1, -0.05) is 30.7 Å². The van der Waals surface area contributed by atoms with E-state index in [0.29, 0.717) is 19.5 Å². The summed E-state index contributed by atoms with van der Waals surface area (Å²) in [5.41, 5.74) is 2.28. The van der Waals surface area contributed by atoms with Gasteiger partial charge in [-0.2, -0.15) is 0 Å². The van der Waals surface area contributed by atoms with Gasteiger partial charge in [0.1, 0.15) is 0 Å². The summed E-state index contributed by atoms with van der Waals surface area (Å²) in [5, 5.41) is 2.90. The fourth-order valence-electron chi connectivity index (χ4n) is 2.44. The van der Waals surface area contributed by atoms with Crippen molar-refractivity contribution >= 4 is 11.8 Å². The Labute approximate surface area is 120 Å². The van der Waals surface area contributed by atoms with E-state index in [1.165, 1.54) is 5.56 Å². The van der Waals surface area contributed by atoms with Crippen LogP contribution in [0.25, 0.3) is 0 Å². The van der Waals surface area contributed by atoms with Crippen LogP contribution in [0.15, 0.2) is 24.3 Å². The minimum absolute atomic E-state index is 0.0801. The summed E-state index contributed by atoms with van der Waals surface area (Å²) >= 11 is 0. The van der Waals surface area contributed by atoms with E-state index in [1.807, 2.05) is 31.2 Å². The largest absolute Gasteiger partial charge is 0.350 e. The fourth-order valence-corrected chi connectivity index (χ4v) is 2.44. The van der Waals surface area contributed by atoms with Crippen molar-refractivity contribution in [1.29, 1.82) is 0 Å². The van der Waals surface area contributed by atoms with Crippen molar-refractivity contribution < 1.29 is 9.59 Å². The third-order valence-corrected chi connectivity index (χ3v) is 3.74. The standard InChI is InChI=1S/C16H22N2O2/c1-13-7-4-5-8-14(13)11-17-15(19)12-18-10-6-2-3-9-16(18)20/h4-5,7-8H,2-3,6,9-12H2,1H3,(H,17,19). The number of hydrogen-bond donors (Lipinski definition) is 1. The number of likely N-dealkylation sites (tertiary alicyclic amines) is 1. The van der Waals surface area contributed by atoms with Crippen molar-refractivity contribution in [2.24, 2.45) is 0 Å². The molecule has 1 aromatic rings. The van der Waals surface area contributed by atoms with Gasteiger partial charge in [-0.25, -0.2) is 0 Å². The second kappa shape index (κ2) is 7.08. The van der Waals surface area contributed by atoms with Crippen molar-refractivity contribution in [1.82, 2.24) is 10.2 Å². The zero-order chi connectivity index (χ0) is 14.4. The lowest BCUT2D eigenvalue weighted by molar-refractivity contribution is -0.135. The van der Waals surface area contributed by atoms with Crippen LogP contribution in [0, 0.1) is 6.92 Å². The van der Waals surface area contributed by atoms with Crippen LogP contribution in [0.4, 0.5) is 0 Å². The van der Waals surface area contributed by atoms with Crippen LogP contribution in [0.2, 0.25) is 0 Å². The van der Waals surface area contributed by atoms with Crippen molar-refractivity contribution in [3.05, 3.63) is 35.4 Å². The number of benzene rings is 1. The first-order valence-corrected chi connectivity index (χ1v) is 7.26. The molecule has 2 amide bonds. The quantitative estimate of drug-likeness (QED) is 0.913. The molecule has 4 heteroatoms. The lowest BCUT2D eigenvalue weighted by Crippen LogP contribution is -2.40. The second-order valence-corrected chi connectivity index (χ2v) is 5.33. The lowest BCUT2D eigenvalue weighted by Gasteiger charge is -2.20. The molecule has 0 aliphatic carbocycles. The molecule has 1 fully saturated rings. The Morgan fingerprint density at radius 1 is 1.25 bits per heavy atom. The van der Waals surface area contributed by atoms with Gasteiger partial charge in [-0.05, 0) is 30.9 Å². The van der Waals surface area contributed by atoms with Gasteiger partial charge < -0.3 is 10.2 Å². The van der Waals surface area contributed by atoms with E-state index in [9.17, 15) is 9.59 Å². The molecule has 1 aromatic carbocycles. The molecule has 1 aliphatic heterocycles. The van der Waals surface area contributed by atoms with E-state index in [1.54, 1.807) is 4.90 Å². The number of nitrogens with one attached hydrogen (secondary N) is 1.